The minimum Gasteiger partial charge on any atom is -0.351 e. The first-order chi connectivity index (χ1) is 9.79. The van der Waals surface area contributed by atoms with Gasteiger partial charge in [0.15, 0.2) is 0 Å². The number of hydrogen-bond acceptors (Lipinski definition) is 4. The highest BCUT2D eigenvalue weighted by Crippen LogP contribution is 2.18. The molecule has 0 aliphatic heterocycles. The molecule has 0 spiro atoms. The molecule has 1 N–H and O–H groups in total. The molecule has 0 heterocycles. The van der Waals surface area contributed by atoms with Gasteiger partial charge in [0.25, 0.3) is 5.91 Å². The van der Waals surface area contributed by atoms with Gasteiger partial charge >= 0.3 is 0 Å². The van der Waals surface area contributed by atoms with E-state index in [4.69, 9.17) is 0 Å². The Hall–Kier alpha value is -2.14. The van der Waals surface area contributed by atoms with E-state index in [1.807, 2.05) is 30.3 Å². The van der Waals surface area contributed by atoms with Crippen molar-refractivity contribution in [1.29, 1.82) is 0 Å². The van der Waals surface area contributed by atoms with Crippen LogP contribution >= 0.6 is 12.6 Å². The van der Waals surface area contributed by atoms with Crippen LogP contribution in [0.15, 0.2) is 64.8 Å². The van der Waals surface area contributed by atoms with E-state index in [9.17, 15) is 4.79 Å². The van der Waals surface area contributed by atoms with Gasteiger partial charge in [0.2, 0.25) is 0 Å². The Labute approximate surface area is 123 Å². The highest BCUT2D eigenvalue weighted by Gasteiger charge is 2.03. The summed E-state index contributed by atoms with van der Waals surface area (Å²) in [4.78, 5) is 11.7. The number of carbonyl (C=O) groups is 1. The van der Waals surface area contributed by atoms with Crippen LogP contribution in [0.5, 0.6) is 0 Å². The predicted octanol–water partition coefficient (Wildman–Crippen LogP) is 3.76. The van der Waals surface area contributed by atoms with Crippen molar-refractivity contribution in [2.45, 2.75) is 0 Å². The molecule has 102 valence electrons. The van der Waals surface area contributed by atoms with Crippen molar-refractivity contribution in [3.63, 3.8) is 0 Å². The SMILES string of the molecule is O=C(NCCS)c1ccc(/N=N/c2ccccc2)cc1. The van der Waals surface area contributed by atoms with E-state index in [0.29, 0.717) is 23.5 Å². The third-order valence-electron chi connectivity index (χ3n) is 2.56. The van der Waals surface area contributed by atoms with Gasteiger partial charge in [-0.3, -0.25) is 4.79 Å². The average Bonchev–Trinajstić information content (AvgIpc) is 2.52. The Morgan fingerprint density at radius 1 is 0.950 bits per heavy atom. The maximum Gasteiger partial charge on any atom is 0.251 e. The van der Waals surface area contributed by atoms with Gasteiger partial charge in [-0.15, -0.1) is 0 Å². The molecule has 20 heavy (non-hydrogen) atoms. The lowest BCUT2D eigenvalue weighted by Gasteiger charge is -2.02. The molecule has 0 saturated heterocycles. The highest BCUT2D eigenvalue weighted by molar-refractivity contribution is 7.80. The smallest absolute Gasteiger partial charge is 0.251 e. The average molecular weight is 285 g/mol. The van der Waals surface area contributed by atoms with E-state index in [1.54, 1.807) is 24.3 Å². The minimum atomic E-state index is -0.106. The molecular formula is C15H15N3OS. The van der Waals surface area contributed by atoms with E-state index in [2.05, 4.69) is 28.2 Å². The molecule has 4 nitrogen and oxygen atoms in total. The number of rotatable bonds is 5. The molecule has 5 heteroatoms. The van der Waals surface area contributed by atoms with E-state index >= 15 is 0 Å². The molecule has 2 rings (SSSR count). The van der Waals surface area contributed by atoms with E-state index < -0.39 is 0 Å². The molecule has 0 aliphatic rings. The van der Waals surface area contributed by atoms with Crippen LogP contribution in [0.3, 0.4) is 0 Å². The number of hydrogen-bond donors (Lipinski definition) is 2. The van der Waals surface area contributed by atoms with Gasteiger partial charge < -0.3 is 5.32 Å². The third kappa shape index (κ3) is 4.20. The molecule has 2 aromatic rings. The van der Waals surface area contributed by atoms with Crippen LogP contribution < -0.4 is 5.32 Å². The standard InChI is InChI=1S/C15H15N3OS/c19-15(16-10-11-20)12-6-8-14(9-7-12)18-17-13-4-2-1-3-5-13/h1-9,20H,10-11H2,(H,16,19)/b18-17+. The lowest BCUT2D eigenvalue weighted by Crippen LogP contribution is -2.25. The molecule has 0 radical (unpaired) electrons. The van der Waals surface area contributed by atoms with Gasteiger partial charge in [-0.05, 0) is 36.4 Å². The second-order valence-electron chi connectivity index (χ2n) is 4.06. The summed E-state index contributed by atoms with van der Waals surface area (Å²) in [5.74, 6) is 0.514. The lowest BCUT2D eigenvalue weighted by atomic mass is 10.2. The molecule has 0 saturated carbocycles. The molecule has 0 aliphatic carbocycles. The summed E-state index contributed by atoms with van der Waals surface area (Å²) >= 11 is 4.04. The monoisotopic (exact) mass is 285 g/mol. The Balaban J connectivity index is 2.01. The molecule has 2 aromatic carbocycles. The molecule has 0 unspecified atom stereocenters. The lowest BCUT2D eigenvalue weighted by molar-refractivity contribution is 0.0956. The topological polar surface area (TPSA) is 53.8 Å². The van der Waals surface area contributed by atoms with Crippen molar-refractivity contribution in [2.75, 3.05) is 12.3 Å². The molecule has 0 bridgehead atoms. The summed E-state index contributed by atoms with van der Waals surface area (Å²) in [6, 6.07) is 16.5. The first-order valence-corrected chi connectivity index (χ1v) is 6.89. The fraction of sp³-hybridized carbons (Fsp3) is 0.133. The first kappa shape index (κ1) is 14.3. The van der Waals surface area contributed by atoms with Crippen LogP contribution in [-0.2, 0) is 0 Å². The van der Waals surface area contributed by atoms with Gasteiger partial charge in [-0.1, -0.05) is 18.2 Å². The van der Waals surface area contributed by atoms with Crippen molar-refractivity contribution < 1.29 is 4.79 Å². The summed E-state index contributed by atoms with van der Waals surface area (Å²) in [6.07, 6.45) is 0. The molecule has 0 atom stereocenters. The Morgan fingerprint density at radius 3 is 2.15 bits per heavy atom. The van der Waals surface area contributed by atoms with Crippen LogP contribution in [0.4, 0.5) is 11.4 Å². The van der Waals surface area contributed by atoms with E-state index in [1.165, 1.54) is 0 Å². The minimum absolute atomic E-state index is 0.106. The summed E-state index contributed by atoms with van der Waals surface area (Å²) in [5, 5.41) is 11.0. The van der Waals surface area contributed by atoms with Crippen LogP contribution in [-0.4, -0.2) is 18.2 Å². The van der Waals surface area contributed by atoms with Gasteiger partial charge in [-0.2, -0.15) is 22.9 Å². The highest BCUT2D eigenvalue weighted by atomic mass is 32.1. The summed E-state index contributed by atoms with van der Waals surface area (Å²) in [7, 11) is 0. The molecule has 1 amide bonds. The molecule has 0 aromatic heterocycles. The van der Waals surface area contributed by atoms with Crippen molar-refractivity contribution in [3.8, 4) is 0 Å². The maximum absolute atomic E-state index is 11.7. The summed E-state index contributed by atoms with van der Waals surface area (Å²) in [6.45, 7) is 0.553. The fourth-order valence-corrected chi connectivity index (χ4v) is 1.67. The number of nitrogens with zero attached hydrogens (tertiary/aromatic N) is 2. The number of carbonyl (C=O) groups excluding carboxylic acids is 1. The van der Waals surface area contributed by atoms with Crippen molar-refractivity contribution in [1.82, 2.24) is 5.32 Å². The largest absolute Gasteiger partial charge is 0.351 e. The number of nitrogens with one attached hydrogen (secondary N) is 1. The van der Waals surface area contributed by atoms with Crippen LogP contribution in [0.2, 0.25) is 0 Å². The quantitative estimate of drug-likeness (QED) is 0.638. The second kappa shape index (κ2) is 7.45. The van der Waals surface area contributed by atoms with Crippen LogP contribution in [0, 0.1) is 0 Å². The Bertz CT molecular complexity index is 582. The van der Waals surface area contributed by atoms with Crippen LogP contribution in [0.25, 0.3) is 0 Å². The van der Waals surface area contributed by atoms with Crippen molar-refractivity contribution in [2.24, 2.45) is 10.2 Å². The maximum atomic E-state index is 11.7. The van der Waals surface area contributed by atoms with Gasteiger partial charge in [0, 0.05) is 17.9 Å². The third-order valence-corrected chi connectivity index (χ3v) is 2.79. The van der Waals surface area contributed by atoms with E-state index in [-0.39, 0.29) is 5.91 Å². The summed E-state index contributed by atoms with van der Waals surface area (Å²) in [5.41, 5.74) is 2.10. The van der Waals surface area contributed by atoms with Crippen LogP contribution in [0.1, 0.15) is 10.4 Å². The van der Waals surface area contributed by atoms with Crippen molar-refractivity contribution in [3.05, 3.63) is 60.2 Å². The van der Waals surface area contributed by atoms with Gasteiger partial charge in [0.1, 0.15) is 0 Å². The van der Waals surface area contributed by atoms with E-state index in [0.717, 1.165) is 5.69 Å². The predicted molar refractivity (Wildman–Crippen MR) is 83.2 cm³/mol. The Morgan fingerprint density at radius 2 is 1.55 bits per heavy atom. The summed E-state index contributed by atoms with van der Waals surface area (Å²) < 4.78 is 0. The van der Waals surface area contributed by atoms with Crippen molar-refractivity contribution >= 4 is 29.9 Å². The number of azo groups is 1. The zero-order valence-electron chi connectivity index (χ0n) is 10.9. The number of thiol groups is 1. The fourth-order valence-electron chi connectivity index (χ4n) is 1.56. The number of amides is 1. The normalized spacial score (nSPS) is 10.7. The zero-order chi connectivity index (χ0) is 14.2. The molecule has 0 fully saturated rings. The molecular weight excluding hydrogens is 270 g/mol. The zero-order valence-corrected chi connectivity index (χ0v) is 11.8. The Kier molecular flexibility index (Phi) is 5.32. The van der Waals surface area contributed by atoms with Gasteiger partial charge in [-0.25, -0.2) is 0 Å². The van der Waals surface area contributed by atoms with Gasteiger partial charge in [0.05, 0.1) is 11.4 Å². The number of benzene rings is 2. The first-order valence-electron chi connectivity index (χ1n) is 6.25. The second-order valence-corrected chi connectivity index (χ2v) is 4.51.